The molecule has 1 amide bonds. The van der Waals surface area contributed by atoms with Crippen molar-refractivity contribution >= 4 is 57.2 Å². The number of halogens is 3. The van der Waals surface area contributed by atoms with Gasteiger partial charge in [0.25, 0.3) is 0 Å². The Morgan fingerprint density at radius 2 is 2.00 bits per heavy atom. The van der Waals surface area contributed by atoms with Gasteiger partial charge in [0.15, 0.2) is 0 Å². The monoisotopic (exact) mass is 339 g/mol. The second-order valence-electron chi connectivity index (χ2n) is 5.67. The molecule has 0 radical (unpaired) electrons. The van der Waals surface area contributed by atoms with Crippen LogP contribution in [0.5, 0.6) is 0 Å². The Bertz CT molecular complexity index is 563. The first kappa shape index (κ1) is 13.9. The van der Waals surface area contributed by atoms with Gasteiger partial charge in [-0.2, -0.15) is 0 Å². The van der Waals surface area contributed by atoms with Crippen molar-refractivity contribution in [2.24, 2.45) is 5.41 Å². The SMILES string of the molecule is CC1(c2nnc(NC(=O)C3(C)CC3(Cl)Cl)s2)CC1Cl. The van der Waals surface area contributed by atoms with E-state index in [1.165, 1.54) is 11.3 Å². The lowest BCUT2D eigenvalue weighted by atomic mass is 10.1. The second-order valence-corrected chi connectivity index (χ2v) is 8.66. The Morgan fingerprint density at radius 1 is 1.42 bits per heavy atom. The van der Waals surface area contributed by atoms with Gasteiger partial charge in [0.05, 0.1) is 5.41 Å². The number of carbonyl (C=O) groups excluding carboxylic acids is 1. The number of amides is 1. The van der Waals surface area contributed by atoms with E-state index in [0.29, 0.717) is 11.6 Å². The molecule has 1 aromatic heterocycles. The molecule has 2 saturated carbocycles. The van der Waals surface area contributed by atoms with E-state index in [9.17, 15) is 4.79 Å². The molecular formula is C11H12Cl3N3OS. The Labute approximate surface area is 129 Å². The van der Waals surface area contributed by atoms with E-state index in [1.54, 1.807) is 6.92 Å². The molecule has 4 nitrogen and oxygen atoms in total. The lowest BCUT2D eigenvalue weighted by Crippen LogP contribution is -2.25. The fourth-order valence-electron chi connectivity index (χ4n) is 1.92. The van der Waals surface area contributed by atoms with E-state index < -0.39 is 9.75 Å². The highest BCUT2D eigenvalue weighted by Crippen LogP contribution is 2.64. The van der Waals surface area contributed by atoms with Crippen LogP contribution in [0.4, 0.5) is 5.13 Å². The molecule has 1 aromatic rings. The van der Waals surface area contributed by atoms with Crippen molar-refractivity contribution in [3.05, 3.63) is 5.01 Å². The van der Waals surface area contributed by atoms with Gasteiger partial charge in [0.2, 0.25) is 11.0 Å². The van der Waals surface area contributed by atoms with Crippen LogP contribution in [-0.4, -0.2) is 25.8 Å². The molecule has 19 heavy (non-hydrogen) atoms. The normalized spacial score (nSPS) is 38.9. The fraction of sp³-hybridized carbons (Fsp3) is 0.727. The summed E-state index contributed by atoms with van der Waals surface area (Å²) in [6.07, 6.45) is 1.34. The van der Waals surface area contributed by atoms with Crippen molar-refractivity contribution in [3.8, 4) is 0 Å². The van der Waals surface area contributed by atoms with Crippen molar-refractivity contribution in [2.45, 2.75) is 41.8 Å². The molecule has 3 unspecified atom stereocenters. The molecule has 2 fully saturated rings. The van der Waals surface area contributed by atoms with E-state index in [1.807, 2.05) is 6.92 Å². The molecule has 8 heteroatoms. The number of rotatable bonds is 3. The highest BCUT2D eigenvalue weighted by Gasteiger charge is 2.68. The van der Waals surface area contributed by atoms with E-state index in [4.69, 9.17) is 34.8 Å². The van der Waals surface area contributed by atoms with E-state index >= 15 is 0 Å². The van der Waals surface area contributed by atoms with Gasteiger partial charge in [-0.15, -0.1) is 45.0 Å². The molecule has 2 aliphatic carbocycles. The number of aromatic nitrogens is 2. The Balaban J connectivity index is 1.70. The van der Waals surface area contributed by atoms with Crippen LogP contribution < -0.4 is 5.32 Å². The minimum absolute atomic E-state index is 0.100. The summed E-state index contributed by atoms with van der Waals surface area (Å²) in [6, 6.07) is 0. The zero-order valence-corrected chi connectivity index (χ0v) is 13.4. The van der Waals surface area contributed by atoms with Crippen molar-refractivity contribution in [2.75, 3.05) is 5.32 Å². The van der Waals surface area contributed by atoms with Gasteiger partial charge in [-0.3, -0.25) is 10.1 Å². The van der Waals surface area contributed by atoms with Gasteiger partial charge < -0.3 is 0 Å². The average Bonchev–Trinajstić information content (AvgIpc) is 2.96. The molecule has 0 spiro atoms. The molecule has 104 valence electrons. The third-order valence-electron chi connectivity index (χ3n) is 4.03. The predicted molar refractivity (Wildman–Crippen MR) is 77.3 cm³/mol. The molecular weight excluding hydrogens is 329 g/mol. The summed E-state index contributed by atoms with van der Waals surface area (Å²) in [5, 5.41) is 12.2. The molecule has 0 saturated heterocycles. The molecule has 0 aromatic carbocycles. The summed E-state index contributed by atoms with van der Waals surface area (Å²) in [5.74, 6) is -0.219. The third kappa shape index (κ3) is 2.06. The van der Waals surface area contributed by atoms with Gasteiger partial charge in [0.1, 0.15) is 9.34 Å². The lowest BCUT2D eigenvalue weighted by Gasteiger charge is -2.10. The molecule has 3 atom stereocenters. The Morgan fingerprint density at radius 3 is 2.47 bits per heavy atom. The number of alkyl halides is 3. The van der Waals surface area contributed by atoms with E-state index in [2.05, 4.69) is 15.5 Å². The Hall–Kier alpha value is -0.100. The summed E-state index contributed by atoms with van der Waals surface area (Å²) in [7, 11) is 0. The number of nitrogens with zero attached hydrogens (tertiary/aromatic N) is 2. The minimum Gasteiger partial charge on any atom is -0.300 e. The van der Waals surface area contributed by atoms with Gasteiger partial charge >= 0.3 is 0 Å². The summed E-state index contributed by atoms with van der Waals surface area (Å²) < 4.78 is -0.978. The molecule has 0 aliphatic heterocycles. The van der Waals surface area contributed by atoms with Crippen LogP contribution in [-0.2, 0) is 10.2 Å². The highest BCUT2D eigenvalue weighted by molar-refractivity contribution is 7.15. The van der Waals surface area contributed by atoms with Gasteiger partial charge in [0, 0.05) is 10.8 Å². The molecule has 1 heterocycles. The number of hydrogen-bond acceptors (Lipinski definition) is 4. The molecule has 2 aliphatic rings. The van der Waals surface area contributed by atoms with Crippen LogP contribution in [0.1, 0.15) is 31.7 Å². The summed E-state index contributed by atoms with van der Waals surface area (Å²) >= 11 is 19.4. The maximum atomic E-state index is 12.1. The standard InChI is InChI=1S/C11H12Cl3N3OS/c1-9(3-5(9)12)7-16-17-8(19-7)15-6(18)10(2)4-11(10,13)14/h5H,3-4H2,1-2H3,(H,15,17,18). The molecule has 1 N–H and O–H groups in total. The average molecular weight is 341 g/mol. The quantitative estimate of drug-likeness (QED) is 0.859. The van der Waals surface area contributed by atoms with Crippen LogP contribution in [0.25, 0.3) is 0 Å². The zero-order chi connectivity index (χ0) is 14.1. The number of hydrogen-bond donors (Lipinski definition) is 1. The van der Waals surface area contributed by atoms with Crippen molar-refractivity contribution in [1.29, 1.82) is 0 Å². The third-order valence-corrected chi connectivity index (χ3v) is 6.88. The van der Waals surface area contributed by atoms with E-state index in [-0.39, 0.29) is 16.7 Å². The van der Waals surface area contributed by atoms with Crippen LogP contribution in [0.15, 0.2) is 0 Å². The van der Waals surface area contributed by atoms with Crippen molar-refractivity contribution in [3.63, 3.8) is 0 Å². The van der Waals surface area contributed by atoms with Crippen LogP contribution >= 0.6 is 46.1 Å². The predicted octanol–water partition coefficient (Wildman–Crippen LogP) is 3.33. The largest absolute Gasteiger partial charge is 0.300 e. The summed E-state index contributed by atoms with van der Waals surface area (Å²) in [6.45, 7) is 3.78. The number of nitrogens with one attached hydrogen (secondary N) is 1. The van der Waals surface area contributed by atoms with Gasteiger partial charge in [-0.25, -0.2) is 0 Å². The molecule has 0 bridgehead atoms. The maximum absolute atomic E-state index is 12.1. The zero-order valence-electron chi connectivity index (χ0n) is 10.3. The Kier molecular flexibility index (Phi) is 2.89. The smallest absolute Gasteiger partial charge is 0.235 e. The first-order valence-electron chi connectivity index (χ1n) is 5.86. The van der Waals surface area contributed by atoms with Gasteiger partial charge in [-0.1, -0.05) is 18.3 Å². The lowest BCUT2D eigenvalue weighted by molar-refractivity contribution is -0.120. The number of carbonyl (C=O) groups is 1. The van der Waals surface area contributed by atoms with Crippen LogP contribution in [0, 0.1) is 5.41 Å². The van der Waals surface area contributed by atoms with Crippen LogP contribution in [0.2, 0.25) is 0 Å². The van der Waals surface area contributed by atoms with E-state index in [0.717, 1.165) is 11.4 Å². The van der Waals surface area contributed by atoms with Crippen molar-refractivity contribution < 1.29 is 4.79 Å². The van der Waals surface area contributed by atoms with Crippen LogP contribution in [0.3, 0.4) is 0 Å². The first-order valence-corrected chi connectivity index (χ1v) is 7.87. The maximum Gasteiger partial charge on any atom is 0.235 e. The number of anilines is 1. The minimum atomic E-state index is -0.978. The highest BCUT2D eigenvalue weighted by atomic mass is 35.5. The topological polar surface area (TPSA) is 54.9 Å². The van der Waals surface area contributed by atoms with Gasteiger partial charge in [-0.05, 0) is 19.8 Å². The fourth-order valence-corrected chi connectivity index (χ4v) is 4.06. The first-order chi connectivity index (χ1) is 8.69. The summed E-state index contributed by atoms with van der Waals surface area (Å²) in [4.78, 5) is 12.1. The summed E-state index contributed by atoms with van der Waals surface area (Å²) in [5.41, 5.74) is -0.852. The molecule has 3 rings (SSSR count). The van der Waals surface area contributed by atoms with Crippen molar-refractivity contribution in [1.82, 2.24) is 10.2 Å². The second kappa shape index (κ2) is 3.97.